The second kappa shape index (κ2) is 8.96. The summed E-state index contributed by atoms with van der Waals surface area (Å²) in [5.41, 5.74) is 1.92. The quantitative estimate of drug-likeness (QED) is 0.734. The first-order valence-corrected chi connectivity index (χ1v) is 9.54. The molecule has 1 aliphatic heterocycles. The van der Waals surface area contributed by atoms with Crippen molar-refractivity contribution in [2.24, 2.45) is 5.92 Å². The summed E-state index contributed by atoms with van der Waals surface area (Å²) >= 11 is 5.88. The number of carbonyl (C=O) groups is 1. The summed E-state index contributed by atoms with van der Waals surface area (Å²) < 4.78 is 11.5. The van der Waals surface area contributed by atoms with Gasteiger partial charge in [-0.15, -0.1) is 0 Å². The van der Waals surface area contributed by atoms with E-state index in [0.717, 1.165) is 29.0 Å². The molecule has 1 heterocycles. The Morgan fingerprint density at radius 2 is 1.78 bits per heavy atom. The molecule has 4 nitrogen and oxygen atoms in total. The zero-order valence-corrected chi connectivity index (χ0v) is 16.3. The van der Waals surface area contributed by atoms with Crippen LogP contribution in [-0.2, 0) is 4.79 Å². The molecule has 2 aromatic carbocycles. The molecule has 5 heteroatoms. The van der Waals surface area contributed by atoms with Crippen molar-refractivity contribution in [3.8, 4) is 11.5 Å². The van der Waals surface area contributed by atoms with Gasteiger partial charge in [-0.2, -0.15) is 0 Å². The summed E-state index contributed by atoms with van der Waals surface area (Å²) in [5, 5.41) is 3.76. The van der Waals surface area contributed by atoms with Crippen LogP contribution >= 0.6 is 11.6 Å². The fraction of sp³-hybridized carbons (Fsp3) is 0.318. The van der Waals surface area contributed by atoms with E-state index in [0.29, 0.717) is 18.2 Å². The van der Waals surface area contributed by atoms with Gasteiger partial charge in [0.2, 0.25) is 5.91 Å². The fourth-order valence-electron chi connectivity index (χ4n) is 2.96. The fourth-order valence-corrected chi connectivity index (χ4v) is 3.08. The largest absolute Gasteiger partial charge is 0.490 e. The molecule has 27 heavy (non-hydrogen) atoms. The van der Waals surface area contributed by atoms with Crippen LogP contribution in [-0.4, -0.2) is 19.1 Å². The number of rotatable bonds is 5. The summed E-state index contributed by atoms with van der Waals surface area (Å²) in [6.07, 6.45) is 4.18. The van der Waals surface area contributed by atoms with Crippen molar-refractivity contribution < 1.29 is 14.3 Å². The van der Waals surface area contributed by atoms with Crippen molar-refractivity contribution >= 4 is 23.6 Å². The monoisotopic (exact) mass is 385 g/mol. The minimum Gasteiger partial charge on any atom is -0.490 e. The zero-order valence-electron chi connectivity index (χ0n) is 15.6. The van der Waals surface area contributed by atoms with Gasteiger partial charge in [0.1, 0.15) is 0 Å². The molecular weight excluding hydrogens is 362 g/mol. The first kappa shape index (κ1) is 19.3. The smallest absolute Gasteiger partial charge is 0.244 e. The standard InChI is InChI=1S/C22H24ClNO3/c1-15(2)22(17-7-10-19-20(14-17)27-13-3-12-26-19)24-21(25)11-6-16-4-8-18(23)9-5-16/h4-11,14-15,22H,3,12-13H2,1-2H3,(H,24,25)/b11-6+/t22-/m0/s1. The second-order valence-electron chi connectivity index (χ2n) is 6.87. The third-order valence-corrected chi connectivity index (χ3v) is 4.64. The first-order chi connectivity index (χ1) is 13.0. The summed E-state index contributed by atoms with van der Waals surface area (Å²) in [6.45, 7) is 5.46. The molecule has 1 aliphatic rings. The van der Waals surface area contributed by atoms with Crippen molar-refractivity contribution in [2.75, 3.05) is 13.2 Å². The minimum absolute atomic E-state index is 0.121. The number of amides is 1. The highest BCUT2D eigenvalue weighted by molar-refractivity contribution is 6.30. The van der Waals surface area contributed by atoms with E-state index in [-0.39, 0.29) is 17.9 Å². The molecular formula is C22H24ClNO3. The SMILES string of the molecule is CC(C)[C@H](NC(=O)/C=C/c1ccc(Cl)cc1)c1ccc2c(c1)OCCCO2. The normalized spacial score (nSPS) is 14.8. The van der Waals surface area contributed by atoms with Gasteiger partial charge in [0.05, 0.1) is 19.3 Å². The molecule has 2 aromatic rings. The number of ether oxygens (including phenoxy) is 2. The lowest BCUT2D eigenvalue weighted by Gasteiger charge is -2.23. The van der Waals surface area contributed by atoms with Crippen molar-refractivity contribution in [1.29, 1.82) is 0 Å². The highest BCUT2D eigenvalue weighted by Gasteiger charge is 2.20. The molecule has 0 fully saturated rings. The van der Waals surface area contributed by atoms with Crippen LogP contribution in [0.2, 0.25) is 5.02 Å². The lowest BCUT2D eigenvalue weighted by Crippen LogP contribution is -2.30. The maximum Gasteiger partial charge on any atom is 0.244 e. The van der Waals surface area contributed by atoms with Gasteiger partial charge in [-0.05, 0) is 47.4 Å². The van der Waals surface area contributed by atoms with Crippen molar-refractivity contribution in [2.45, 2.75) is 26.3 Å². The number of fused-ring (bicyclic) bond motifs is 1. The molecule has 1 N–H and O–H groups in total. The van der Waals surface area contributed by atoms with E-state index in [2.05, 4.69) is 19.2 Å². The third-order valence-electron chi connectivity index (χ3n) is 4.39. The molecule has 0 aliphatic carbocycles. The molecule has 1 atom stereocenters. The average Bonchev–Trinajstić information content (AvgIpc) is 2.90. The van der Waals surface area contributed by atoms with E-state index in [4.69, 9.17) is 21.1 Å². The van der Waals surface area contributed by atoms with E-state index < -0.39 is 0 Å². The highest BCUT2D eigenvalue weighted by Crippen LogP contribution is 2.34. The predicted octanol–water partition coefficient (Wildman–Crippen LogP) is 5.03. The van der Waals surface area contributed by atoms with Crippen LogP contribution in [0.4, 0.5) is 0 Å². The number of benzene rings is 2. The first-order valence-electron chi connectivity index (χ1n) is 9.16. The maximum absolute atomic E-state index is 12.4. The van der Waals surface area contributed by atoms with E-state index in [1.165, 1.54) is 0 Å². The molecule has 142 valence electrons. The Kier molecular flexibility index (Phi) is 6.40. The van der Waals surface area contributed by atoms with Crippen molar-refractivity contribution in [3.63, 3.8) is 0 Å². The molecule has 0 unspecified atom stereocenters. The summed E-state index contributed by atoms with van der Waals surface area (Å²) in [4.78, 5) is 12.4. The number of hydrogen-bond acceptors (Lipinski definition) is 3. The van der Waals surface area contributed by atoms with Crippen LogP contribution in [0.15, 0.2) is 48.5 Å². The molecule has 1 amide bonds. The maximum atomic E-state index is 12.4. The minimum atomic E-state index is -0.143. The van der Waals surface area contributed by atoms with Crippen LogP contribution in [0.5, 0.6) is 11.5 Å². The van der Waals surface area contributed by atoms with Crippen LogP contribution in [0, 0.1) is 5.92 Å². The Balaban J connectivity index is 1.73. The number of hydrogen-bond donors (Lipinski definition) is 1. The topological polar surface area (TPSA) is 47.6 Å². The summed E-state index contributed by atoms with van der Waals surface area (Å²) in [5.74, 6) is 1.58. The van der Waals surface area contributed by atoms with Gasteiger partial charge in [0, 0.05) is 17.5 Å². The number of halogens is 1. The number of nitrogens with one attached hydrogen (secondary N) is 1. The van der Waals surface area contributed by atoms with Crippen LogP contribution in [0.3, 0.4) is 0 Å². The Hall–Kier alpha value is -2.46. The Bertz CT molecular complexity index is 815. The predicted molar refractivity (Wildman–Crippen MR) is 108 cm³/mol. The third kappa shape index (κ3) is 5.27. The van der Waals surface area contributed by atoms with E-state index >= 15 is 0 Å². The van der Waals surface area contributed by atoms with Crippen molar-refractivity contribution in [1.82, 2.24) is 5.32 Å². The van der Waals surface area contributed by atoms with Gasteiger partial charge in [-0.1, -0.05) is 43.6 Å². The second-order valence-corrected chi connectivity index (χ2v) is 7.31. The van der Waals surface area contributed by atoms with Gasteiger partial charge in [0.15, 0.2) is 11.5 Å². The van der Waals surface area contributed by atoms with Gasteiger partial charge in [-0.3, -0.25) is 4.79 Å². The van der Waals surface area contributed by atoms with Crippen LogP contribution in [0.1, 0.15) is 37.4 Å². The van der Waals surface area contributed by atoms with E-state index in [1.807, 2.05) is 30.3 Å². The van der Waals surface area contributed by atoms with Gasteiger partial charge >= 0.3 is 0 Å². The lowest BCUT2D eigenvalue weighted by molar-refractivity contribution is -0.117. The molecule has 0 saturated carbocycles. The Morgan fingerprint density at radius 3 is 2.48 bits per heavy atom. The number of carbonyl (C=O) groups excluding carboxylic acids is 1. The Morgan fingerprint density at radius 1 is 1.07 bits per heavy atom. The van der Waals surface area contributed by atoms with Crippen LogP contribution < -0.4 is 14.8 Å². The van der Waals surface area contributed by atoms with Gasteiger partial charge in [-0.25, -0.2) is 0 Å². The molecule has 0 saturated heterocycles. The lowest BCUT2D eigenvalue weighted by atomic mass is 9.95. The summed E-state index contributed by atoms with van der Waals surface area (Å²) in [6, 6.07) is 13.1. The van der Waals surface area contributed by atoms with E-state index in [1.54, 1.807) is 24.3 Å². The zero-order chi connectivity index (χ0) is 19.2. The molecule has 0 aromatic heterocycles. The average molecular weight is 386 g/mol. The highest BCUT2D eigenvalue weighted by atomic mass is 35.5. The van der Waals surface area contributed by atoms with Gasteiger partial charge in [0.25, 0.3) is 0 Å². The molecule has 0 radical (unpaired) electrons. The van der Waals surface area contributed by atoms with Gasteiger partial charge < -0.3 is 14.8 Å². The van der Waals surface area contributed by atoms with Crippen molar-refractivity contribution in [3.05, 3.63) is 64.7 Å². The van der Waals surface area contributed by atoms with Crippen LogP contribution in [0.25, 0.3) is 6.08 Å². The summed E-state index contributed by atoms with van der Waals surface area (Å²) in [7, 11) is 0. The molecule has 0 spiro atoms. The van der Waals surface area contributed by atoms with E-state index in [9.17, 15) is 4.79 Å². The Labute approximate surface area is 165 Å². The molecule has 3 rings (SSSR count). The molecule has 0 bridgehead atoms.